The minimum atomic E-state index is -0.457. The molecule has 3 heterocycles. The Labute approximate surface area is 188 Å². The average Bonchev–Trinajstić information content (AvgIpc) is 3.45. The van der Waals surface area contributed by atoms with Gasteiger partial charge in [-0.05, 0) is 48.9 Å². The number of aromatic nitrogens is 1. The molecule has 9 heteroatoms. The maximum atomic E-state index is 13.0. The first-order valence-corrected chi connectivity index (χ1v) is 11.9. The number of thioether (sulfide) groups is 1. The van der Waals surface area contributed by atoms with Crippen LogP contribution in [0.15, 0.2) is 48.8 Å². The van der Waals surface area contributed by atoms with Crippen LogP contribution in [0.2, 0.25) is 0 Å². The van der Waals surface area contributed by atoms with Gasteiger partial charge >= 0.3 is 0 Å². The predicted molar refractivity (Wildman–Crippen MR) is 122 cm³/mol. The molecule has 7 nitrogen and oxygen atoms in total. The fourth-order valence-electron chi connectivity index (χ4n) is 3.32. The van der Waals surface area contributed by atoms with Gasteiger partial charge in [0.05, 0.1) is 12.2 Å². The zero-order chi connectivity index (χ0) is 21.6. The van der Waals surface area contributed by atoms with Gasteiger partial charge in [-0.25, -0.2) is 0 Å². The van der Waals surface area contributed by atoms with Gasteiger partial charge in [-0.1, -0.05) is 12.1 Å². The minimum absolute atomic E-state index is 0.243. The molecule has 0 saturated heterocycles. The third kappa shape index (κ3) is 4.88. The second-order valence-electron chi connectivity index (χ2n) is 6.75. The molecule has 0 fully saturated rings. The molecule has 1 aliphatic heterocycles. The number of benzene rings is 1. The second kappa shape index (κ2) is 9.93. The minimum Gasteiger partial charge on any atom is -0.490 e. The Hall–Kier alpha value is -2.91. The Morgan fingerprint density at radius 3 is 2.55 bits per heavy atom. The lowest BCUT2D eigenvalue weighted by Gasteiger charge is -2.14. The molecule has 0 unspecified atom stereocenters. The number of rotatable bonds is 7. The number of hydrogen-bond acceptors (Lipinski definition) is 6. The summed E-state index contributed by atoms with van der Waals surface area (Å²) >= 11 is 3.49. The SMILES string of the molecule is CCOc1ccccc1OCC(=O)NNC(=O)c1c(-n2cccc2)sc2c1CCSC2. The van der Waals surface area contributed by atoms with E-state index in [-0.39, 0.29) is 12.5 Å². The fraction of sp³-hybridized carbons (Fsp3) is 0.273. The first-order chi connectivity index (χ1) is 15.2. The number of fused-ring (bicyclic) bond motifs is 1. The van der Waals surface area contributed by atoms with Gasteiger partial charge in [0.1, 0.15) is 5.00 Å². The highest BCUT2D eigenvalue weighted by atomic mass is 32.2. The Morgan fingerprint density at radius 1 is 1.06 bits per heavy atom. The van der Waals surface area contributed by atoms with Gasteiger partial charge in [0.15, 0.2) is 18.1 Å². The standard InChI is InChI=1S/C22H23N3O4S2/c1-2-28-16-7-3-4-8-17(16)29-13-19(26)23-24-21(27)20-15-9-12-30-14-18(15)31-22(20)25-10-5-6-11-25/h3-8,10-11H,2,9,12-14H2,1H3,(H,23,26)(H,24,27). The van der Waals surface area contributed by atoms with E-state index >= 15 is 0 Å². The third-order valence-electron chi connectivity index (χ3n) is 4.69. The third-order valence-corrected chi connectivity index (χ3v) is 7.10. The molecule has 0 atom stereocenters. The number of hydrazine groups is 1. The number of carbonyl (C=O) groups excluding carboxylic acids is 2. The van der Waals surface area contributed by atoms with E-state index in [1.165, 1.54) is 4.88 Å². The van der Waals surface area contributed by atoms with E-state index in [4.69, 9.17) is 9.47 Å². The summed E-state index contributed by atoms with van der Waals surface area (Å²) in [6.45, 7) is 2.13. The van der Waals surface area contributed by atoms with Crippen LogP contribution in [0.4, 0.5) is 0 Å². The van der Waals surface area contributed by atoms with Crippen molar-refractivity contribution in [1.29, 1.82) is 0 Å². The predicted octanol–water partition coefficient (Wildman–Crippen LogP) is 3.57. The van der Waals surface area contributed by atoms with E-state index in [1.807, 2.05) is 53.8 Å². The van der Waals surface area contributed by atoms with Gasteiger partial charge in [-0.15, -0.1) is 11.3 Å². The Balaban J connectivity index is 1.41. The monoisotopic (exact) mass is 457 g/mol. The number of ether oxygens (including phenoxy) is 2. The van der Waals surface area contributed by atoms with Crippen LogP contribution < -0.4 is 20.3 Å². The molecule has 0 aliphatic carbocycles. The summed E-state index contributed by atoms with van der Waals surface area (Å²) in [4.78, 5) is 26.5. The zero-order valence-electron chi connectivity index (χ0n) is 17.1. The van der Waals surface area contributed by atoms with Crippen LogP contribution in [0.5, 0.6) is 11.5 Å². The molecule has 1 aromatic carbocycles. The summed E-state index contributed by atoms with van der Waals surface area (Å²) < 4.78 is 13.0. The van der Waals surface area contributed by atoms with Crippen molar-refractivity contribution in [1.82, 2.24) is 15.4 Å². The molecule has 1 aliphatic rings. The van der Waals surface area contributed by atoms with Gasteiger partial charge in [0.2, 0.25) is 0 Å². The normalized spacial score (nSPS) is 12.7. The average molecular weight is 458 g/mol. The van der Waals surface area contributed by atoms with Crippen LogP contribution >= 0.6 is 23.1 Å². The maximum Gasteiger partial charge on any atom is 0.276 e. The number of hydrogen-bond donors (Lipinski definition) is 2. The molecule has 0 spiro atoms. The van der Waals surface area contributed by atoms with Crippen LogP contribution in [-0.2, 0) is 17.0 Å². The van der Waals surface area contributed by atoms with Crippen molar-refractivity contribution >= 4 is 34.9 Å². The van der Waals surface area contributed by atoms with Crippen molar-refractivity contribution in [3.63, 3.8) is 0 Å². The zero-order valence-corrected chi connectivity index (χ0v) is 18.7. The molecule has 0 bridgehead atoms. The molecule has 0 saturated carbocycles. The summed E-state index contributed by atoms with van der Waals surface area (Å²) in [7, 11) is 0. The molecule has 2 aromatic heterocycles. The molecule has 0 radical (unpaired) electrons. The van der Waals surface area contributed by atoms with Gasteiger partial charge in [-0.2, -0.15) is 11.8 Å². The van der Waals surface area contributed by atoms with Crippen molar-refractivity contribution < 1.29 is 19.1 Å². The molecular weight excluding hydrogens is 434 g/mol. The molecule has 2 amide bonds. The Morgan fingerprint density at radius 2 is 1.81 bits per heavy atom. The van der Waals surface area contributed by atoms with Crippen molar-refractivity contribution in [3.05, 3.63) is 64.8 Å². The molecule has 3 aromatic rings. The Kier molecular flexibility index (Phi) is 6.83. The smallest absolute Gasteiger partial charge is 0.276 e. The number of nitrogens with one attached hydrogen (secondary N) is 2. The summed E-state index contributed by atoms with van der Waals surface area (Å²) in [5.41, 5.74) is 6.70. The molecule has 31 heavy (non-hydrogen) atoms. The van der Waals surface area contributed by atoms with Crippen LogP contribution in [0.3, 0.4) is 0 Å². The molecule has 2 N–H and O–H groups in total. The molecular formula is C22H23N3O4S2. The van der Waals surface area contributed by atoms with E-state index in [1.54, 1.807) is 29.5 Å². The summed E-state index contributed by atoms with van der Waals surface area (Å²) in [6.07, 6.45) is 4.68. The number of para-hydroxylation sites is 2. The van der Waals surface area contributed by atoms with Crippen molar-refractivity contribution in [3.8, 4) is 16.5 Å². The molecule has 162 valence electrons. The van der Waals surface area contributed by atoms with Crippen LogP contribution in [0, 0.1) is 0 Å². The fourth-order valence-corrected chi connectivity index (χ4v) is 5.76. The van der Waals surface area contributed by atoms with E-state index in [0.29, 0.717) is 23.7 Å². The van der Waals surface area contributed by atoms with E-state index in [0.717, 1.165) is 28.5 Å². The van der Waals surface area contributed by atoms with Gasteiger partial charge in [0, 0.05) is 23.0 Å². The van der Waals surface area contributed by atoms with Crippen LogP contribution in [0.1, 0.15) is 27.7 Å². The van der Waals surface area contributed by atoms with E-state index in [9.17, 15) is 9.59 Å². The molecule has 4 rings (SSSR count). The summed E-state index contributed by atoms with van der Waals surface area (Å²) in [5, 5.41) is 0.867. The van der Waals surface area contributed by atoms with Crippen molar-refractivity contribution in [2.45, 2.75) is 19.1 Å². The van der Waals surface area contributed by atoms with Crippen molar-refractivity contribution in [2.24, 2.45) is 0 Å². The number of carbonyl (C=O) groups is 2. The highest BCUT2D eigenvalue weighted by Gasteiger charge is 2.26. The maximum absolute atomic E-state index is 13.0. The lowest BCUT2D eigenvalue weighted by Crippen LogP contribution is -2.44. The lowest BCUT2D eigenvalue weighted by molar-refractivity contribution is -0.123. The first-order valence-electron chi connectivity index (χ1n) is 9.96. The van der Waals surface area contributed by atoms with Gasteiger partial charge in [-0.3, -0.25) is 20.4 Å². The second-order valence-corrected chi connectivity index (χ2v) is 8.94. The van der Waals surface area contributed by atoms with Crippen LogP contribution in [-0.4, -0.2) is 35.3 Å². The quantitative estimate of drug-likeness (QED) is 0.530. The van der Waals surface area contributed by atoms with E-state index in [2.05, 4.69) is 10.9 Å². The first kappa shape index (κ1) is 21.3. The van der Waals surface area contributed by atoms with Gasteiger partial charge in [0.25, 0.3) is 11.8 Å². The topological polar surface area (TPSA) is 81.6 Å². The summed E-state index contributed by atoms with van der Waals surface area (Å²) in [6, 6.07) is 11.0. The van der Waals surface area contributed by atoms with Crippen molar-refractivity contribution in [2.75, 3.05) is 19.0 Å². The number of thiophene rings is 1. The number of nitrogens with zero attached hydrogens (tertiary/aromatic N) is 1. The largest absolute Gasteiger partial charge is 0.490 e. The van der Waals surface area contributed by atoms with E-state index < -0.39 is 5.91 Å². The van der Waals surface area contributed by atoms with Crippen LogP contribution in [0.25, 0.3) is 5.00 Å². The lowest BCUT2D eigenvalue weighted by atomic mass is 10.1. The Bertz CT molecular complexity index is 1060. The highest BCUT2D eigenvalue weighted by Crippen LogP contribution is 2.38. The highest BCUT2D eigenvalue weighted by molar-refractivity contribution is 7.98. The summed E-state index contributed by atoms with van der Waals surface area (Å²) in [5.74, 6) is 2.15. The number of amides is 2. The van der Waals surface area contributed by atoms with Gasteiger partial charge < -0.3 is 14.0 Å².